The highest BCUT2D eigenvalue weighted by Crippen LogP contribution is 2.23. The van der Waals surface area contributed by atoms with Gasteiger partial charge in [-0.3, -0.25) is 9.59 Å². The Morgan fingerprint density at radius 2 is 2.07 bits per heavy atom. The van der Waals surface area contributed by atoms with Crippen LogP contribution in [0.25, 0.3) is 0 Å². The molecule has 1 aromatic carbocycles. The lowest BCUT2D eigenvalue weighted by Gasteiger charge is -2.20. The third-order valence-corrected chi connectivity index (χ3v) is 4.24. The highest BCUT2D eigenvalue weighted by atomic mass is 35.5. The maximum absolute atomic E-state index is 12.1. The van der Waals surface area contributed by atoms with E-state index >= 15 is 0 Å². The lowest BCUT2D eigenvalue weighted by Crippen LogP contribution is -2.33. The third kappa shape index (κ3) is 6.51. The normalized spacial score (nSPS) is 22.5. The van der Waals surface area contributed by atoms with Crippen molar-refractivity contribution in [3.8, 4) is 0 Å². The van der Waals surface area contributed by atoms with Gasteiger partial charge in [0.2, 0.25) is 0 Å². The molecular formula is C19H23Cl2N3O4. The van der Waals surface area contributed by atoms with E-state index in [1.165, 1.54) is 23.2 Å². The number of hydrogen-bond acceptors (Lipinski definition) is 4. The predicted octanol–water partition coefficient (Wildman–Crippen LogP) is 3.31. The summed E-state index contributed by atoms with van der Waals surface area (Å²) in [5.41, 5.74) is 0.0318. The molecule has 0 bridgehead atoms. The average Bonchev–Trinajstić information content (AvgIpc) is 3.16. The average molecular weight is 437 g/mol. The molecule has 0 radical (unpaired) electrons. The summed E-state index contributed by atoms with van der Waals surface area (Å²) >= 11 is 12.0. The van der Waals surface area contributed by atoms with Gasteiger partial charge in [-0.25, -0.2) is 4.98 Å². The fourth-order valence-electron chi connectivity index (χ4n) is 2.55. The van der Waals surface area contributed by atoms with Crippen LogP contribution in [0.4, 0.5) is 0 Å². The second-order valence-electron chi connectivity index (χ2n) is 5.99. The minimum atomic E-state index is -3.92. The molecule has 2 rings (SSSR count). The number of carbonyl (C=O) groups is 2. The Kier molecular flexibility index (Phi) is 4.41. The lowest BCUT2D eigenvalue weighted by atomic mass is 9.88. The standard InChI is InChI=1S/C19H23Cl2N3O4/c1-11(3-17(22)19(27)28)2-13(18(25)26)6-16-8-23-10-24(16)9-12-4-14(20)7-15(21)5-12/h4-5,7-8,10-11,13,17H,2-3,6,9,22H2,1H3,(H,25,26)(H,27,28)/t11?,13-,17+/m0/s1/i1D3,3D2,11D,17D/hD2. The molecule has 1 aromatic heterocycles. The van der Waals surface area contributed by atoms with Crippen molar-refractivity contribution in [3.63, 3.8) is 0 Å². The van der Waals surface area contributed by atoms with E-state index in [1.54, 1.807) is 12.1 Å². The molecule has 0 aliphatic heterocycles. The number of benzene rings is 1. The fourth-order valence-corrected chi connectivity index (χ4v) is 3.12. The summed E-state index contributed by atoms with van der Waals surface area (Å²) in [5.74, 6) is -9.30. The molecule has 152 valence electrons. The molecule has 28 heavy (non-hydrogen) atoms. The molecule has 4 N–H and O–H groups in total. The number of rotatable bonds is 11. The summed E-state index contributed by atoms with van der Waals surface area (Å²) in [5, 5.41) is 19.9. The Morgan fingerprint density at radius 3 is 2.64 bits per heavy atom. The maximum atomic E-state index is 12.1. The third-order valence-electron chi connectivity index (χ3n) is 3.80. The van der Waals surface area contributed by atoms with Crippen molar-refractivity contribution >= 4 is 35.1 Å². The monoisotopic (exact) mass is 436 g/mol. The molecule has 9 heteroatoms. The number of aliphatic carboxylic acids is 2. The summed E-state index contributed by atoms with van der Waals surface area (Å²) in [6.45, 7) is -3.52. The van der Waals surface area contributed by atoms with Crippen molar-refractivity contribution in [1.29, 1.82) is 0 Å². The van der Waals surface area contributed by atoms with Crippen LogP contribution in [-0.4, -0.2) is 37.7 Å². The fraction of sp³-hybridized carbons (Fsp3) is 0.421. The number of imidazole rings is 1. The van der Waals surface area contributed by atoms with Gasteiger partial charge in [0.05, 0.1) is 13.6 Å². The summed E-state index contributed by atoms with van der Waals surface area (Å²) in [6.07, 6.45) is -3.00. The number of nitrogens with two attached hydrogens (primary N) is 1. The van der Waals surface area contributed by atoms with E-state index < -0.39 is 61.6 Å². The molecule has 7 nitrogen and oxygen atoms in total. The SMILES string of the molecule is [2H]N([2H])[C@@]([2H])(C(=O)O)C([2H])([2H])C([2H])(C[C@@H](Cc1cncn1Cc1cc(Cl)cc(Cl)c1)C(=O)O)C([2H])([2H])[2H]. The second kappa shape index (κ2) is 9.91. The zero-order valence-electron chi connectivity index (χ0n) is 23.4. The summed E-state index contributed by atoms with van der Waals surface area (Å²) in [7, 11) is 0. The molecule has 1 heterocycles. The smallest absolute Gasteiger partial charge is 0.320 e. The summed E-state index contributed by atoms with van der Waals surface area (Å²) in [6, 6.07) is 0.852. The quantitative estimate of drug-likeness (QED) is 0.496. The van der Waals surface area contributed by atoms with Gasteiger partial charge in [-0.1, -0.05) is 30.1 Å². The van der Waals surface area contributed by atoms with Crippen molar-refractivity contribution in [2.45, 2.75) is 38.6 Å². The first kappa shape index (κ1) is 12.5. The van der Waals surface area contributed by atoms with E-state index in [0.717, 1.165) is 0 Å². The molecule has 0 amide bonds. The number of hydrogen-bond donors (Lipinski definition) is 3. The Morgan fingerprint density at radius 1 is 1.36 bits per heavy atom. The molecule has 0 aliphatic carbocycles. The first-order valence-corrected chi connectivity index (χ1v) is 8.71. The van der Waals surface area contributed by atoms with E-state index in [9.17, 15) is 19.8 Å². The van der Waals surface area contributed by atoms with Gasteiger partial charge in [0.1, 0.15) is 8.84 Å². The Hall–Kier alpha value is -2.09. The highest BCUT2D eigenvalue weighted by molar-refractivity contribution is 6.34. The van der Waals surface area contributed by atoms with Gasteiger partial charge in [-0.05, 0) is 42.5 Å². The number of carboxylic acids is 2. The van der Waals surface area contributed by atoms with Gasteiger partial charge in [-0.2, -0.15) is 0 Å². The van der Waals surface area contributed by atoms with E-state index in [0.29, 0.717) is 15.6 Å². The molecule has 0 saturated carbocycles. The number of nitrogens with zero attached hydrogens (tertiary/aromatic N) is 2. The van der Waals surface area contributed by atoms with Gasteiger partial charge in [0.15, 0.2) is 0 Å². The van der Waals surface area contributed by atoms with Crippen LogP contribution >= 0.6 is 23.2 Å². The van der Waals surface area contributed by atoms with Gasteiger partial charge in [0, 0.05) is 43.1 Å². The second-order valence-corrected chi connectivity index (χ2v) is 6.86. The van der Waals surface area contributed by atoms with E-state index in [1.807, 2.05) is 0 Å². The molecule has 0 spiro atoms. The minimum absolute atomic E-state index is 0.134. The van der Waals surface area contributed by atoms with Crippen LogP contribution in [0.1, 0.15) is 40.5 Å². The topological polar surface area (TPSA) is 118 Å². The Bertz CT molecular complexity index is 1140. The zero-order chi connectivity index (χ0) is 28.6. The van der Waals surface area contributed by atoms with E-state index in [4.69, 9.17) is 35.6 Å². The molecule has 0 saturated heterocycles. The summed E-state index contributed by atoms with van der Waals surface area (Å²) < 4.78 is 72.2. The van der Waals surface area contributed by atoms with E-state index in [-0.39, 0.29) is 12.2 Å². The zero-order valence-corrected chi connectivity index (χ0v) is 15.9. The number of carboxylic acid groups (broad SMARTS) is 2. The van der Waals surface area contributed by atoms with Gasteiger partial charge >= 0.3 is 11.9 Å². The Balaban J connectivity index is 2.50. The van der Waals surface area contributed by atoms with Crippen LogP contribution in [0.5, 0.6) is 0 Å². The largest absolute Gasteiger partial charge is 0.481 e. The van der Waals surface area contributed by atoms with Crippen LogP contribution in [0, 0.1) is 11.8 Å². The van der Waals surface area contributed by atoms with Gasteiger partial charge in [0.25, 0.3) is 0 Å². The van der Waals surface area contributed by atoms with Crippen LogP contribution in [0.2, 0.25) is 12.9 Å². The highest BCUT2D eigenvalue weighted by Gasteiger charge is 2.25. The molecule has 3 atom stereocenters. The van der Waals surface area contributed by atoms with Crippen molar-refractivity contribution in [1.82, 2.24) is 9.55 Å². The van der Waals surface area contributed by atoms with Gasteiger partial charge < -0.3 is 20.5 Å². The van der Waals surface area contributed by atoms with Crippen LogP contribution < -0.4 is 5.72 Å². The molecular weight excluding hydrogens is 405 g/mol. The van der Waals surface area contributed by atoms with Crippen LogP contribution in [0.15, 0.2) is 30.7 Å². The number of halogens is 2. The van der Waals surface area contributed by atoms with E-state index in [2.05, 4.69) is 4.98 Å². The molecule has 0 fully saturated rings. The van der Waals surface area contributed by atoms with Crippen molar-refractivity contribution in [2.75, 3.05) is 0 Å². The molecule has 2 aromatic rings. The van der Waals surface area contributed by atoms with Crippen molar-refractivity contribution in [2.24, 2.45) is 17.5 Å². The number of aromatic nitrogens is 2. The molecule has 0 aliphatic rings. The predicted molar refractivity (Wildman–Crippen MR) is 107 cm³/mol. The first-order valence-electron chi connectivity index (χ1n) is 12.4. The maximum Gasteiger partial charge on any atom is 0.320 e. The lowest BCUT2D eigenvalue weighted by molar-refractivity contribution is -0.142. The Labute approximate surface area is 185 Å². The van der Waals surface area contributed by atoms with Crippen LogP contribution in [0.3, 0.4) is 0 Å². The first-order chi connectivity index (χ1) is 16.8. The van der Waals surface area contributed by atoms with Crippen LogP contribution in [-0.2, 0) is 22.6 Å². The summed E-state index contributed by atoms with van der Waals surface area (Å²) in [4.78, 5) is 27.8. The minimum Gasteiger partial charge on any atom is -0.481 e. The van der Waals surface area contributed by atoms with Crippen molar-refractivity contribution in [3.05, 3.63) is 52.0 Å². The molecule has 1 unspecified atom stereocenters. The van der Waals surface area contributed by atoms with Gasteiger partial charge in [-0.15, -0.1) is 0 Å². The van der Waals surface area contributed by atoms with Crippen molar-refractivity contribution < 1.29 is 32.2 Å².